The van der Waals surface area contributed by atoms with Crippen LogP contribution >= 0.6 is 0 Å². The van der Waals surface area contributed by atoms with E-state index in [0.29, 0.717) is 0 Å². The number of rotatable bonds is 7. The summed E-state index contributed by atoms with van der Waals surface area (Å²) in [4.78, 5) is 4.75. The van der Waals surface area contributed by atoms with Crippen LogP contribution in [-0.4, -0.2) is 4.57 Å². The molecule has 0 saturated carbocycles. The van der Waals surface area contributed by atoms with Gasteiger partial charge in [0.1, 0.15) is 0 Å². The van der Waals surface area contributed by atoms with E-state index < -0.39 is 0 Å². The first-order valence-corrected chi connectivity index (χ1v) is 21.7. The minimum Gasteiger partial charge on any atom is -0.310 e. The summed E-state index contributed by atoms with van der Waals surface area (Å²) in [6.45, 7) is 20.5. The Morgan fingerprint density at radius 3 is 1.18 bits per heavy atom. The summed E-state index contributed by atoms with van der Waals surface area (Å²) in [6, 6.07) is 67.5. The highest BCUT2D eigenvalue weighted by Crippen LogP contribution is 2.43. The van der Waals surface area contributed by atoms with Gasteiger partial charge in [-0.25, -0.2) is 0 Å². The van der Waals surface area contributed by atoms with E-state index in [0.717, 1.165) is 39.8 Å². The fourth-order valence-electron chi connectivity index (χ4n) is 8.67. The molecular weight excluding hydrogens is 739 g/mol. The average Bonchev–Trinajstić information content (AvgIpc) is 3.55. The number of hydrogen-bond donors (Lipinski definition) is 0. The van der Waals surface area contributed by atoms with E-state index in [1.54, 1.807) is 0 Å². The minimum absolute atomic E-state index is 0.0511. The molecule has 0 fully saturated rings. The zero-order valence-corrected chi connectivity index (χ0v) is 37.2. The van der Waals surface area contributed by atoms with Crippen LogP contribution in [0.25, 0.3) is 38.3 Å². The SMILES string of the molecule is CC(C)(C)c1ccc(N(c2ccccc2)c2ccc3cc4c5ccc(N(c6ccccc6)c6ccc(C(C)(C)C)cc6)cc5n(-c5ccc(C(C)(C)C)cc5)c4cc3c2)cc1. The van der Waals surface area contributed by atoms with E-state index >= 15 is 0 Å². The number of para-hydroxylation sites is 2. The maximum Gasteiger partial charge on any atom is 0.0561 e. The van der Waals surface area contributed by atoms with Crippen LogP contribution in [-0.2, 0) is 16.2 Å². The molecule has 0 atom stereocenters. The number of fused-ring (bicyclic) bond motifs is 4. The predicted octanol–water partition coefficient (Wildman–Crippen LogP) is 16.8. The second-order valence-corrected chi connectivity index (χ2v) is 19.7. The van der Waals surface area contributed by atoms with Crippen molar-refractivity contribution in [3.8, 4) is 5.69 Å². The molecule has 0 aliphatic carbocycles. The van der Waals surface area contributed by atoms with Crippen molar-refractivity contribution in [1.29, 1.82) is 0 Å². The Kier molecular flexibility index (Phi) is 9.90. The fourth-order valence-corrected chi connectivity index (χ4v) is 8.67. The Morgan fingerprint density at radius 2 is 0.705 bits per heavy atom. The predicted molar refractivity (Wildman–Crippen MR) is 264 cm³/mol. The molecule has 0 amide bonds. The van der Waals surface area contributed by atoms with Gasteiger partial charge in [-0.2, -0.15) is 0 Å². The standard InChI is InChI=1S/C58H57N3/c1-56(2,3)42-21-28-47(29-22-42)59(45-16-12-10-13-17-45)50-27-20-40-37-53-52-35-34-51(60(46-18-14-11-15-19-46)48-30-23-43(24-31-48)57(4,5)6)39-55(52)61(54(53)38-41(40)36-50)49-32-25-44(26-33-49)58(7,8)9/h10-39H,1-9H3. The second-order valence-electron chi connectivity index (χ2n) is 19.7. The first-order chi connectivity index (χ1) is 29.1. The van der Waals surface area contributed by atoms with Gasteiger partial charge in [0, 0.05) is 50.6 Å². The third-order valence-corrected chi connectivity index (χ3v) is 12.2. The van der Waals surface area contributed by atoms with Crippen LogP contribution in [0, 0.1) is 0 Å². The van der Waals surface area contributed by atoms with E-state index in [1.807, 2.05) is 0 Å². The minimum atomic E-state index is 0.0511. The molecule has 1 heterocycles. The van der Waals surface area contributed by atoms with Gasteiger partial charge in [-0.15, -0.1) is 0 Å². The summed E-state index contributed by atoms with van der Waals surface area (Å²) >= 11 is 0. The molecule has 0 radical (unpaired) electrons. The van der Waals surface area contributed by atoms with E-state index in [2.05, 4.69) is 259 Å². The van der Waals surface area contributed by atoms with Crippen molar-refractivity contribution < 1.29 is 0 Å². The lowest BCUT2D eigenvalue weighted by molar-refractivity contribution is 0.590. The zero-order valence-electron chi connectivity index (χ0n) is 37.2. The van der Waals surface area contributed by atoms with Gasteiger partial charge < -0.3 is 14.4 Å². The molecule has 0 N–H and O–H groups in total. The van der Waals surface area contributed by atoms with Gasteiger partial charge >= 0.3 is 0 Å². The maximum absolute atomic E-state index is 2.47. The van der Waals surface area contributed by atoms with E-state index in [4.69, 9.17) is 0 Å². The van der Waals surface area contributed by atoms with Crippen molar-refractivity contribution in [3.05, 3.63) is 199 Å². The Morgan fingerprint density at radius 1 is 0.311 bits per heavy atom. The number of hydrogen-bond acceptors (Lipinski definition) is 2. The van der Waals surface area contributed by atoms with Crippen LogP contribution in [0.1, 0.15) is 79.0 Å². The summed E-state index contributed by atoms with van der Waals surface area (Å²) in [5.41, 5.74) is 14.4. The lowest BCUT2D eigenvalue weighted by Gasteiger charge is -2.27. The third-order valence-electron chi connectivity index (χ3n) is 12.2. The van der Waals surface area contributed by atoms with Gasteiger partial charge in [0.15, 0.2) is 0 Å². The van der Waals surface area contributed by atoms with Crippen LogP contribution in [0.5, 0.6) is 0 Å². The fraction of sp³-hybridized carbons (Fsp3) is 0.207. The average molecular weight is 796 g/mol. The second kappa shape index (κ2) is 15.2. The molecule has 0 aliphatic heterocycles. The van der Waals surface area contributed by atoms with Gasteiger partial charge in [-0.1, -0.05) is 147 Å². The lowest BCUT2D eigenvalue weighted by atomic mass is 9.87. The first kappa shape index (κ1) is 39.9. The summed E-state index contributed by atoms with van der Waals surface area (Å²) in [7, 11) is 0. The molecule has 3 nitrogen and oxygen atoms in total. The smallest absolute Gasteiger partial charge is 0.0561 e. The molecule has 9 rings (SSSR count). The Labute approximate surface area is 362 Å². The number of benzene rings is 8. The van der Waals surface area contributed by atoms with Gasteiger partial charge in [-0.3, -0.25) is 0 Å². The van der Waals surface area contributed by atoms with Crippen LogP contribution in [0.4, 0.5) is 34.1 Å². The molecule has 0 saturated heterocycles. The van der Waals surface area contributed by atoms with E-state index in [9.17, 15) is 0 Å². The largest absolute Gasteiger partial charge is 0.310 e. The van der Waals surface area contributed by atoms with Gasteiger partial charge in [-0.05, 0) is 141 Å². The maximum atomic E-state index is 2.47. The van der Waals surface area contributed by atoms with Crippen LogP contribution in [0.2, 0.25) is 0 Å². The Bertz CT molecular complexity index is 2970. The third kappa shape index (κ3) is 7.70. The molecule has 0 aliphatic rings. The molecule has 1 aromatic heterocycles. The molecule has 0 spiro atoms. The normalized spacial score (nSPS) is 12.3. The molecule has 0 unspecified atom stereocenters. The molecule has 8 aromatic carbocycles. The van der Waals surface area contributed by atoms with Crippen LogP contribution in [0.15, 0.2) is 182 Å². The molecule has 0 bridgehead atoms. The summed E-state index contributed by atoms with van der Waals surface area (Å²) in [6.07, 6.45) is 0. The van der Waals surface area contributed by atoms with Crippen LogP contribution < -0.4 is 9.80 Å². The zero-order chi connectivity index (χ0) is 42.7. The number of anilines is 6. The topological polar surface area (TPSA) is 11.4 Å². The molecular formula is C58H57N3. The Balaban J connectivity index is 1.25. The highest BCUT2D eigenvalue weighted by Gasteiger charge is 2.22. The monoisotopic (exact) mass is 795 g/mol. The van der Waals surface area contributed by atoms with Gasteiger partial charge in [0.05, 0.1) is 11.0 Å². The summed E-state index contributed by atoms with van der Waals surface area (Å²) < 4.78 is 2.47. The highest BCUT2D eigenvalue weighted by molar-refractivity contribution is 6.14. The van der Waals surface area contributed by atoms with Gasteiger partial charge in [0.25, 0.3) is 0 Å². The molecule has 9 aromatic rings. The first-order valence-electron chi connectivity index (χ1n) is 21.7. The van der Waals surface area contributed by atoms with Crippen molar-refractivity contribution in [2.45, 2.75) is 78.6 Å². The van der Waals surface area contributed by atoms with Crippen LogP contribution in [0.3, 0.4) is 0 Å². The molecule has 3 heteroatoms. The lowest BCUT2D eigenvalue weighted by Crippen LogP contribution is -2.13. The number of nitrogens with zero attached hydrogens (tertiary/aromatic N) is 3. The Hall–Kier alpha value is -6.58. The number of aromatic nitrogens is 1. The van der Waals surface area contributed by atoms with E-state index in [-0.39, 0.29) is 16.2 Å². The van der Waals surface area contributed by atoms with Crippen molar-refractivity contribution in [3.63, 3.8) is 0 Å². The molecule has 61 heavy (non-hydrogen) atoms. The van der Waals surface area contributed by atoms with Crippen molar-refractivity contribution >= 4 is 66.7 Å². The quantitative estimate of drug-likeness (QED) is 0.159. The van der Waals surface area contributed by atoms with Crippen molar-refractivity contribution in [2.75, 3.05) is 9.80 Å². The summed E-state index contributed by atoms with van der Waals surface area (Å²) in [5, 5.41) is 4.87. The highest BCUT2D eigenvalue weighted by atomic mass is 15.1. The molecule has 304 valence electrons. The van der Waals surface area contributed by atoms with Crippen molar-refractivity contribution in [1.82, 2.24) is 4.57 Å². The van der Waals surface area contributed by atoms with Crippen molar-refractivity contribution in [2.24, 2.45) is 0 Å². The van der Waals surface area contributed by atoms with E-state index in [1.165, 1.54) is 49.3 Å². The van der Waals surface area contributed by atoms with Gasteiger partial charge in [0.2, 0.25) is 0 Å². The summed E-state index contributed by atoms with van der Waals surface area (Å²) in [5.74, 6) is 0.